The third-order valence-electron chi connectivity index (χ3n) is 8.94. The molecule has 5 heteroatoms. The molecule has 3 nitrogen and oxygen atoms in total. The Kier molecular flexibility index (Phi) is 8.29. The third-order valence-corrected chi connectivity index (χ3v) is 8.94. The van der Waals surface area contributed by atoms with Gasteiger partial charge >= 0.3 is 5.97 Å². The number of halogens is 2. The van der Waals surface area contributed by atoms with Crippen LogP contribution in [0.15, 0.2) is 12.1 Å². The van der Waals surface area contributed by atoms with Gasteiger partial charge in [-0.25, -0.2) is 0 Å². The zero-order valence-corrected chi connectivity index (χ0v) is 20.3. The molecule has 3 saturated carbocycles. The number of fused-ring (bicyclic) bond motifs is 1. The molecule has 1 aromatic rings. The zero-order chi connectivity index (χ0) is 23.4. The highest BCUT2D eigenvalue weighted by Gasteiger charge is 2.39. The molecule has 3 fully saturated rings. The Hall–Kier alpha value is -1.65. The lowest BCUT2D eigenvalue weighted by atomic mass is 9.60. The normalized spacial score (nSPS) is 32.1. The summed E-state index contributed by atoms with van der Waals surface area (Å²) in [7, 11) is 1.27. The van der Waals surface area contributed by atoms with E-state index < -0.39 is 17.6 Å². The Morgan fingerprint density at radius 3 is 2.12 bits per heavy atom. The van der Waals surface area contributed by atoms with Crippen molar-refractivity contribution >= 4 is 5.97 Å². The van der Waals surface area contributed by atoms with Gasteiger partial charge in [-0.15, -0.1) is 0 Å². The second-order valence-corrected chi connectivity index (χ2v) is 10.8. The predicted molar refractivity (Wildman–Crippen MR) is 125 cm³/mol. The van der Waals surface area contributed by atoms with Crippen LogP contribution in [0.4, 0.5) is 8.78 Å². The van der Waals surface area contributed by atoms with Crippen LogP contribution in [0.25, 0.3) is 0 Å². The maximum Gasteiger partial charge on any atom is 0.314 e. The standard InChI is InChI=1S/C28H40F2O3/c1-3-4-5-18-6-7-23-17-22(13-12-21(23)16-18)19-8-10-20(11-9-19)28(31)33-25-15-14-24(32-2)26(29)27(25)30/h14-15,18-23H,3-13,16-17H2,1-2H3. The van der Waals surface area contributed by atoms with Crippen molar-refractivity contribution in [2.24, 2.45) is 35.5 Å². The molecule has 4 atom stereocenters. The first kappa shape index (κ1) is 24.5. The average molecular weight is 463 g/mol. The fraction of sp³-hybridized carbons (Fsp3) is 0.750. The Morgan fingerprint density at radius 1 is 0.848 bits per heavy atom. The number of hydrogen-bond donors (Lipinski definition) is 0. The molecule has 0 bridgehead atoms. The number of esters is 1. The highest BCUT2D eigenvalue weighted by atomic mass is 19.2. The number of carbonyl (C=O) groups is 1. The van der Waals surface area contributed by atoms with Crippen LogP contribution in [0.5, 0.6) is 11.5 Å². The van der Waals surface area contributed by atoms with Gasteiger partial charge in [0.25, 0.3) is 0 Å². The second kappa shape index (κ2) is 11.2. The van der Waals surface area contributed by atoms with Crippen molar-refractivity contribution < 1.29 is 23.0 Å². The van der Waals surface area contributed by atoms with Gasteiger partial charge < -0.3 is 9.47 Å². The quantitative estimate of drug-likeness (QED) is 0.307. The van der Waals surface area contributed by atoms with Crippen LogP contribution in [-0.4, -0.2) is 13.1 Å². The van der Waals surface area contributed by atoms with Crippen molar-refractivity contribution in [3.8, 4) is 11.5 Å². The van der Waals surface area contributed by atoms with Crippen molar-refractivity contribution in [1.82, 2.24) is 0 Å². The van der Waals surface area contributed by atoms with Crippen LogP contribution in [0, 0.1) is 47.1 Å². The highest BCUT2D eigenvalue weighted by Crippen LogP contribution is 2.49. The van der Waals surface area contributed by atoms with Crippen LogP contribution < -0.4 is 9.47 Å². The minimum Gasteiger partial charge on any atom is -0.494 e. The molecule has 3 aliphatic rings. The molecule has 0 amide bonds. The molecule has 0 aromatic heterocycles. The first-order valence-electron chi connectivity index (χ1n) is 13.2. The van der Waals surface area contributed by atoms with E-state index in [1.807, 2.05) is 0 Å². The Bertz CT molecular complexity index is 803. The molecule has 0 aliphatic heterocycles. The molecule has 33 heavy (non-hydrogen) atoms. The lowest BCUT2D eigenvalue weighted by Gasteiger charge is -2.45. The van der Waals surface area contributed by atoms with E-state index in [4.69, 9.17) is 9.47 Å². The Balaban J connectivity index is 1.24. The largest absolute Gasteiger partial charge is 0.494 e. The lowest BCUT2D eigenvalue weighted by Crippen LogP contribution is -2.35. The Labute approximate surface area is 197 Å². The number of ether oxygens (including phenoxy) is 2. The average Bonchev–Trinajstić information content (AvgIpc) is 2.85. The van der Waals surface area contributed by atoms with Crippen LogP contribution >= 0.6 is 0 Å². The molecule has 184 valence electrons. The molecule has 0 N–H and O–H groups in total. The van der Waals surface area contributed by atoms with Gasteiger partial charge in [-0.05, 0) is 99.5 Å². The fourth-order valence-electron chi connectivity index (χ4n) is 6.97. The summed E-state index contributed by atoms with van der Waals surface area (Å²) < 4.78 is 38.1. The van der Waals surface area contributed by atoms with E-state index in [9.17, 15) is 13.6 Å². The van der Waals surface area contributed by atoms with Gasteiger partial charge in [-0.3, -0.25) is 4.79 Å². The summed E-state index contributed by atoms with van der Waals surface area (Å²) in [5, 5.41) is 0. The van der Waals surface area contributed by atoms with Gasteiger partial charge in [0.2, 0.25) is 11.6 Å². The van der Waals surface area contributed by atoms with Crippen molar-refractivity contribution in [3.05, 3.63) is 23.8 Å². The van der Waals surface area contributed by atoms with Gasteiger partial charge in [0.1, 0.15) is 0 Å². The van der Waals surface area contributed by atoms with Gasteiger partial charge in [-0.1, -0.05) is 32.6 Å². The number of benzene rings is 1. The second-order valence-electron chi connectivity index (χ2n) is 10.8. The molecule has 0 radical (unpaired) electrons. The molecule has 3 aliphatic carbocycles. The summed E-state index contributed by atoms with van der Waals surface area (Å²) in [6, 6.07) is 2.54. The summed E-state index contributed by atoms with van der Waals surface area (Å²) in [4.78, 5) is 12.6. The molecular formula is C28H40F2O3. The molecular weight excluding hydrogens is 422 g/mol. The van der Waals surface area contributed by atoms with E-state index in [-0.39, 0.29) is 17.4 Å². The van der Waals surface area contributed by atoms with Crippen molar-refractivity contribution in [1.29, 1.82) is 0 Å². The monoisotopic (exact) mass is 462 g/mol. The number of unbranched alkanes of at least 4 members (excludes halogenated alkanes) is 1. The minimum atomic E-state index is -1.17. The SMILES string of the molecule is CCCCC1CCC2CC(C3CCC(C(=O)Oc4ccc(OC)c(F)c4F)CC3)CCC2C1. The number of hydrogen-bond acceptors (Lipinski definition) is 3. The summed E-state index contributed by atoms with van der Waals surface area (Å²) in [6.45, 7) is 2.29. The van der Waals surface area contributed by atoms with Gasteiger partial charge in [-0.2, -0.15) is 8.78 Å². The van der Waals surface area contributed by atoms with E-state index in [0.29, 0.717) is 5.92 Å². The summed E-state index contributed by atoms with van der Waals surface area (Å²) in [5.41, 5.74) is 0. The van der Waals surface area contributed by atoms with Crippen molar-refractivity contribution in [3.63, 3.8) is 0 Å². The first-order valence-corrected chi connectivity index (χ1v) is 13.2. The molecule has 4 rings (SSSR count). The summed E-state index contributed by atoms with van der Waals surface area (Å²) in [6.07, 6.45) is 16.2. The highest BCUT2D eigenvalue weighted by molar-refractivity contribution is 5.75. The zero-order valence-electron chi connectivity index (χ0n) is 20.3. The molecule has 0 saturated heterocycles. The number of rotatable bonds is 7. The van der Waals surface area contributed by atoms with Gasteiger partial charge in [0.05, 0.1) is 13.0 Å². The van der Waals surface area contributed by atoms with Gasteiger partial charge in [0.15, 0.2) is 11.5 Å². The van der Waals surface area contributed by atoms with Crippen molar-refractivity contribution in [2.75, 3.05) is 7.11 Å². The fourth-order valence-corrected chi connectivity index (χ4v) is 6.97. The van der Waals surface area contributed by atoms with Gasteiger partial charge in [0, 0.05) is 0 Å². The van der Waals surface area contributed by atoms with Crippen LogP contribution in [-0.2, 0) is 4.79 Å². The first-order chi connectivity index (χ1) is 16.0. The van der Waals surface area contributed by atoms with E-state index in [2.05, 4.69) is 6.92 Å². The molecule has 4 unspecified atom stereocenters. The van der Waals surface area contributed by atoms with Crippen LogP contribution in [0.3, 0.4) is 0 Å². The number of carbonyl (C=O) groups excluding carboxylic acids is 1. The molecule has 1 aromatic carbocycles. The van der Waals surface area contributed by atoms with E-state index in [1.54, 1.807) is 0 Å². The maximum absolute atomic E-state index is 14.2. The third kappa shape index (κ3) is 5.71. The van der Waals surface area contributed by atoms with Crippen molar-refractivity contribution in [2.45, 2.75) is 90.4 Å². The summed E-state index contributed by atoms with van der Waals surface area (Å²) in [5.74, 6) is 0.812. The Morgan fingerprint density at radius 2 is 1.42 bits per heavy atom. The van der Waals surface area contributed by atoms with E-state index in [1.165, 1.54) is 77.0 Å². The topological polar surface area (TPSA) is 35.5 Å². The summed E-state index contributed by atoms with van der Waals surface area (Å²) >= 11 is 0. The predicted octanol–water partition coefficient (Wildman–Crippen LogP) is 7.71. The van der Waals surface area contributed by atoms with Crippen LogP contribution in [0.1, 0.15) is 90.4 Å². The lowest BCUT2D eigenvalue weighted by molar-refractivity contribution is -0.140. The maximum atomic E-state index is 14.2. The minimum absolute atomic E-state index is 0.197. The van der Waals surface area contributed by atoms with E-state index >= 15 is 0 Å². The molecule has 0 spiro atoms. The van der Waals surface area contributed by atoms with E-state index in [0.717, 1.165) is 49.4 Å². The molecule has 0 heterocycles. The van der Waals surface area contributed by atoms with Crippen LogP contribution in [0.2, 0.25) is 0 Å². The number of methoxy groups -OCH3 is 1. The smallest absolute Gasteiger partial charge is 0.314 e.